The third kappa shape index (κ3) is 4.69. The molecule has 0 unspecified atom stereocenters. The summed E-state index contributed by atoms with van der Waals surface area (Å²) in [6.45, 7) is -2.40. The van der Waals surface area contributed by atoms with E-state index in [1.165, 1.54) is 35.0 Å². The maximum Gasteiger partial charge on any atom is 0.387 e. The number of hydrogen-bond donors (Lipinski definition) is 2. The Morgan fingerprint density at radius 3 is 2.47 bits per heavy atom. The Morgan fingerprint density at radius 1 is 1.11 bits per heavy atom. The molecule has 0 spiro atoms. The number of likely N-dealkylation sites (tertiary alicyclic amines) is 1. The smallest absolute Gasteiger partial charge is 0.387 e. The average molecular weight is 495 g/mol. The molecule has 0 saturated carbocycles. The fraction of sp³-hybridized carbons (Fsp3) is 0.280. The molecule has 1 amide bonds. The molecule has 0 atom stereocenters. The minimum absolute atomic E-state index is 0.00583. The average Bonchev–Trinajstić information content (AvgIpc) is 3.35. The minimum Gasteiger partial charge on any atom is -0.435 e. The Bertz CT molecular complexity index is 1430. The number of piperidine rings is 1. The molecular weight excluding hydrogens is 472 g/mol. The van der Waals surface area contributed by atoms with Crippen molar-refractivity contribution in [1.82, 2.24) is 24.6 Å². The number of aromatic nitrogens is 4. The number of aromatic amines is 1. The number of carbonyl (C=O) groups excluding carboxylic acids is 1. The van der Waals surface area contributed by atoms with Crippen LogP contribution in [-0.4, -0.2) is 61.0 Å². The van der Waals surface area contributed by atoms with Crippen LogP contribution >= 0.6 is 0 Å². The number of amides is 1. The number of halogens is 2. The van der Waals surface area contributed by atoms with Crippen LogP contribution in [0, 0.1) is 0 Å². The van der Waals surface area contributed by atoms with Crippen LogP contribution in [0.4, 0.5) is 8.78 Å². The standard InChI is InChI=1S/C25H23F2N5O4/c26-24(27)36-18-8-6-17(7-9-18)22(33)31-12-10-25(35,11-13-31)15-32-21(16-4-2-1-3-5-16)29-20-19(23(32)34)14-28-30-20/h1-9,14,24,35H,10-13,15H2,(H,28,30). The quantitative estimate of drug-likeness (QED) is 0.425. The number of H-pyrrole nitrogens is 1. The van der Waals surface area contributed by atoms with Gasteiger partial charge >= 0.3 is 6.61 Å². The summed E-state index contributed by atoms with van der Waals surface area (Å²) in [6.07, 6.45) is 1.91. The van der Waals surface area contributed by atoms with Crippen LogP contribution in [0.2, 0.25) is 0 Å². The highest BCUT2D eigenvalue weighted by molar-refractivity contribution is 5.94. The molecule has 0 radical (unpaired) electrons. The number of ether oxygens (including phenoxy) is 1. The maximum absolute atomic E-state index is 13.3. The number of rotatable bonds is 6. The largest absolute Gasteiger partial charge is 0.435 e. The van der Waals surface area contributed by atoms with Crippen molar-refractivity contribution in [2.45, 2.75) is 31.6 Å². The summed E-state index contributed by atoms with van der Waals surface area (Å²) in [6, 6.07) is 14.7. The number of aliphatic hydroxyl groups is 1. The van der Waals surface area contributed by atoms with Gasteiger partial charge in [-0.3, -0.25) is 19.3 Å². The van der Waals surface area contributed by atoms with Crippen molar-refractivity contribution in [2.75, 3.05) is 13.1 Å². The number of nitrogens with one attached hydrogen (secondary N) is 1. The van der Waals surface area contributed by atoms with E-state index in [-0.39, 0.29) is 49.7 Å². The first-order valence-corrected chi connectivity index (χ1v) is 11.4. The normalized spacial score (nSPS) is 15.4. The van der Waals surface area contributed by atoms with Crippen LogP contribution < -0.4 is 10.3 Å². The first-order valence-electron chi connectivity index (χ1n) is 11.4. The lowest BCUT2D eigenvalue weighted by Crippen LogP contribution is -2.50. The topological polar surface area (TPSA) is 113 Å². The van der Waals surface area contributed by atoms with Gasteiger partial charge in [-0.2, -0.15) is 13.9 Å². The van der Waals surface area contributed by atoms with E-state index in [0.29, 0.717) is 22.4 Å². The van der Waals surface area contributed by atoms with E-state index in [1.54, 1.807) is 4.90 Å². The summed E-state index contributed by atoms with van der Waals surface area (Å²) in [7, 11) is 0. The van der Waals surface area contributed by atoms with Gasteiger partial charge in [0, 0.05) is 24.2 Å². The molecule has 36 heavy (non-hydrogen) atoms. The number of benzene rings is 2. The molecular formula is C25H23F2N5O4. The van der Waals surface area contributed by atoms with Crippen LogP contribution in [0.1, 0.15) is 23.2 Å². The Kier molecular flexibility index (Phi) is 6.23. The zero-order valence-electron chi connectivity index (χ0n) is 19.1. The highest BCUT2D eigenvalue weighted by Gasteiger charge is 2.36. The Hall–Kier alpha value is -4.12. The first-order chi connectivity index (χ1) is 17.3. The van der Waals surface area contributed by atoms with Gasteiger partial charge in [0.1, 0.15) is 17.0 Å². The Balaban J connectivity index is 1.34. The van der Waals surface area contributed by atoms with E-state index in [1.807, 2.05) is 30.3 Å². The van der Waals surface area contributed by atoms with Crippen LogP contribution in [0.3, 0.4) is 0 Å². The molecule has 1 fully saturated rings. The highest BCUT2D eigenvalue weighted by Crippen LogP contribution is 2.28. The second kappa shape index (κ2) is 9.50. The Morgan fingerprint density at radius 2 is 1.81 bits per heavy atom. The van der Waals surface area contributed by atoms with E-state index in [4.69, 9.17) is 0 Å². The van der Waals surface area contributed by atoms with Gasteiger partial charge in [0.2, 0.25) is 0 Å². The molecule has 2 N–H and O–H groups in total. The van der Waals surface area contributed by atoms with E-state index >= 15 is 0 Å². The zero-order chi connectivity index (χ0) is 25.3. The molecule has 1 aliphatic rings. The molecule has 2 aromatic heterocycles. The van der Waals surface area contributed by atoms with Crippen molar-refractivity contribution in [3.8, 4) is 17.1 Å². The highest BCUT2D eigenvalue weighted by atomic mass is 19.3. The Labute approximate surface area is 204 Å². The van der Waals surface area contributed by atoms with Gasteiger partial charge in [0.25, 0.3) is 11.5 Å². The lowest BCUT2D eigenvalue weighted by molar-refractivity contribution is -0.0498. The molecule has 2 aromatic carbocycles. The van der Waals surface area contributed by atoms with Crippen LogP contribution in [0.25, 0.3) is 22.4 Å². The number of hydrogen-bond acceptors (Lipinski definition) is 6. The van der Waals surface area contributed by atoms with E-state index in [2.05, 4.69) is 19.9 Å². The van der Waals surface area contributed by atoms with Gasteiger partial charge in [-0.15, -0.1) is 0 Å². The summed E-state index contributed by atoms with van der Waals surface area (Å²) in [4.78, 5) is 32.3. The van der Waals surface area contributed by atoms with Crippen molar-refractivity contribution < 1.29 is 23.4 Å². The molecule has 186 valence electrons. The maximum atomic E-state index is 13.3. The summed E-state index contributed by atoms with van der Waals surface area (Å²) in [5.41, 5.74) is -0.128. The van der Waals surface area contributed by atoms with Crippen molar-refractivity contribution >= 4 is 16.9 Å². The first kappa shape index (κ1) is 23.6. The molecule has 1 saturated heterocycles. The molecule has 0 bridgehead atoms. The van der Waals surface area contributed by atoms with Gasteiger partial charge in [0.15, 0.2) is 5.65 Å². The summed E-state index contributed by atoms with van der Waals surface area (Å²) in [5.74, 6) is 0.108. The summed E-state index contributed by atoms with van der Waals surface area (Å²) in [5, 5.41) is 18.4. The van der Waals surface area contributed by atoms with Crippen molar-refractivity contribution in [2.24, 2.45) is 0 Å². The van der Waals surface area contributed by atoms with Gasteiger partial charge in [-0.1, -0.05) is 30.3 Å². The molecule has 5 rings (SSSR count). The van der Waals surface area contributed by atoms with Crippen molar-refractivity contribution in [3.63, 3.8) is 0 Å². The third-order valence-electron chi connectivity index (χ3n) is 6.36. The SMILES string of the molecule is O=C(c1ccc(OC(F)F)cc1)N1CCC(O)(Cn2c(-c3ccccc3)nc3[nH]ncc3c2=O)CC1. The van der Waals surface area contributed by atoms with Gasteiger partial charge in [-0.25, -0.2) is 4.98 Å². The lowest BCUT2D eigenvalue weighted by Gasteiger charge is -2.38. The molecule has 4 aromatic rings. The van der Waals surface area contributed by atoms with Crippen LogP contribution in [0.5, 0.6) is 5.75 Å². The predicted molar refractivity (Wildman–Crippen MR) is 127 cm³/mol. The lowest BCUT2D eigenvalue weighted by atomic mass is 9.90. The number of carbonyl (C=O) groups is 1. The third-order valence-corrected chi connectivity index (χ3v) is 6.36. The van der Waals surface area contributed by atoms with Crippen LogP contribution in [0.15, 0.2) is 65.6 Å². The second-order valence-electron chi connectivity index (χ2n) is 8.74. The monoisotopic (exact) mass is 495 g/mol. The molecule has 1 aliphatic heterocycles. The molecule has 3 heterocycles. The minimum atomic E-state index is -2.94. The molecule has 0 aliphatic carbocycles. The zero-order valence-corrected chi connectivity index (χ0v) is 19.1. The van der Waals surface area contributed by atoms with E-state index < -0.39 is 12.2 Å². The van der Waals surface area contributed by atoms with Crippen molar-refractivity contribution in [1.29, 1.82) is 0 Å². The fourth-order valence-electron chi connectivity index (χ4n) is 4.42. The fourth-order valence-corrected chi connectivity index (χ4v) is 4.42. The van der Waals surface area contributed by atoms with Crippen molar-refractivity contribution in [3.05, 3.63) is 76.7 Å². The number of alkyl halides is 2. The van der Waals surface area contributed by atoms with E-state index in [9.17, 15) is 23.5 Å². The van der Waals surface area contributed by atoms with Gasteiger partial charge in [0.05, 0.1) is 18.3 Å². The molecule has 11 heteroatoms. The summed E-state index contributed by atoms with van der Waals surface area (Å²) >= 11 is 0. The van der Waals surface area contributed by atoms with Gasteiger partial charge < -0.3 is 14.7 Å². The molecule has 9 nitrogen and oxygen atoms in total. The van der Waals surface area contributed by atoms with Gasteiger partial charge in [-0.05, 0) is 37.1 Å². The second-order valence-corrected chi connectivity index (χ2v) is 8.74. The summed E-state index contributed by atoms with van der Waals surface area (Å²) < 4.78 is 30.5. The van der Waals surface area contributed by atoms with Crippen LogP contribution in [-0.2, 0) is 6.54 Å². The number of fused-ring (bicyclic) bond motifs is 1. The van der Waals surface area contributed by atoms with E-state index in [0.717, 1.165) is 5.56 Å². The number of nitrogens with zero attached hydrogens (tertiary/aromatic N) is 4. The predicted octanol–water partition coefficient (Wildman–Crippen LogP) is 3.06.